The monoisotopic (exact) mass is 878 g/mol. The predicted molar refractivity (Wildman–Crippen MR) is 289 cm³/mol. The maximum Gasteiger partial charge on any atom is 0.0713 e. The third-order valence-electron chi connectivity index (χ3n) is 14.3. The second kappa shape index (κ2) is 16.7. The van der Waals surface area contributed by atoms with Gasteiger partial charge in [0.05, 0.1) is 33.5 Å². The van der Waals surface area contributed by atoms with E-state index in [0.717, 1.165) is 56.0 Å². The molecule has 2 heteroatoms. The lowest BCUT2D eigenvalue weighted by Crippen LogP contribution is -2.28. The number of fused-ring (bicyclic) bond motifs is 6. The van der Waals surface area contributed by atoms with E-state index in [9.17, 15) is 0 Å². The fourth-order valence-corrected chi connectivity index (χ4v) is 11.4. The molecule has 324 valence electrons. The normalized spacial score (nSPS) is 12.5. The van der Waals surface area contributed by atoms with Gasteiger partial charge in [-0.05, 0) is 104 Å². The minimum atomic E-state index is -0.522. The molecule has 0 bridgehead atoms. The van der Waals surface area contributed by atoms with Gasteiger partial charge in [-0.3, -0.25) is 0 Å². The van der Waals surface area contributed by atoms with E-state index in [1.807, 2.05) is 0 Å². The summed E-state index contributed by atoms with van der Waals surface area (Å²) in [5.41, 5.74) is 20.6. The van der Waals surface area contributed by atoms with Crippen molar-refractivity contribution in [3.05, 3.63) is 301 Å². The van der Waals surface area contributed by atoms with Crippen LogP contribution in [-0.2, 0) is 5.41 Å². The summed E-state index contributed by atoms with van der Waals surface area (Å²) in [7, 11) is 0. The van der Waals surface area contributed by atoms with Gasteiger partial charge in [-0.2, -0.15) is 0 Å². The van der Waals surface area contributed by atoms with Crippen LogP contribution in [0.3, 0.4) is 0 Å². The summed E-state index contributed by atoms with van der Waals surface area (Å²) in [6.07, 6.45) is 0. The number of hydrogen-bond acceptors (Lipinski definition) is 1. The Labute approximate surface area is 403 Å². The van der Waals surface area contributed by atoms with Crippen molar-refractivity contribution in [2.24, 2.45) is 0 Å². The highest BCUT2D eigenvalue weighted by atomic mass is 15.2. The molecule has 0 spiro atoms. The highest BCUT2D eigenvalue weighted by Gasteiger charge is 2.46. The zero-order chi connectivity index (χ0) is 45.7. The van der Waals surface area contributed by atoms with Crippen molar-refractivity contribution in [1.29, 1.82) is 0 Å². The highest BCUT2D eigenvalue weighted by Crippen LogP contribution is 2.58. The van der Waals surface area contributed by atoms with Crippen LogP contribution in [0, 0.1) is 0 Å². The molecule has 2 nitrogen and oxygen atoms in total. The molecule has 11 aromatic carbocycles. The molecule has 0 aliphatic heterocycles. The van der Waals surface area contributed by atoms with Gasteiger partial charge in [0.25, 0.3) is 0 Å². The lowest BCUT2D eigenvalue weighted by molar-refractivity contribution is 0.768. The van der Waals surface area contributed by atoms with Gasteiger partial charge in [0.15, 0.2) is 0 Å². The van der Waals surface area contributed by atoms with E-state index in [-0.39, 0.29) is 0 Å². The lowest BCUT2D eigenvalue weighted by atomic mass is 9.68. The highest BCUT2D eigenvalue weighted by molar-refractivity contribution is 6.10. The summed E-state index contributed by atoms with van der Waals surface area (Å²) < 4.78 is 2.46. The molecule has 0 fully saturated rings. The van der Waals surface area contributed by atoms with Crippen LogP contribution in [0.1, 0.15) is 22.3 Å². The van der Waals surface area contributed by atoms with Crippen molar-refractivity contribution in [2.45, 2.75) is 5.41 Å². The molecular weight excluding hydrogens is 833 g/mol. The molecule has 1 aromatic heterocycles. The van der Waals surface area contributed by atoms with Crippen LogP contribution < -0.4 is 4.90 Å². The fraction of sp³-hybridized carbons (Fsp3) is 0.0149. The molecule has 0 radical (unpaired) electrons. The average Bonchev–Trinajstić information content (AvgIpc) is 3.93. The van der Waals surface area contributed by atoms with Crippen molar-refractivity contribution in [2.75, 3.05) is 4.90 Å². The second-order valence-corrected chi connectivity index (χ2v) is 17.9. The topological polar surface area (TPSA) is 8.17 Å². The molecular formula is C67H46N2. The second-order valence-electron chi connectivity index (χ2n) is 17.9. The van der Waals surface area contributed by atoms with Crippen LogP contribution in [0.4, 0.5) is 17.1 Å². The van der Waals surface area contributed by atoms with Crippen LogP contribution >= 0.6 is 0 Å². The quantitative estimate of drug-likeness (QED) is 0.140. The molecule has 1 aliphatic rings. The minimum absolute atomic E-state index is 0.522. The predicted octanol–water partition coefficient (Wildman–Crippen LogP) is 17.6. The number of nitrogens with zero attached hydrogens (tertiary/aromatic N) is 2. The summed E-state index contributed by atoms with van der Waals surface area (Å²) in [5.74, 6) is 0. The van der Waals surface area contributed by atoms with Crippen LogP contribution in [0.15, 0.2) is 279 Å². The Kier molecular flexibility index (Phi) is 9.77. The Balaban J connectivity index is 1.15. The Hall–Kier alpha value is -8.98. The average molecular weight is 879 g/mol. The van der Waals surface area contributed by atoms with Gasteiger partial charge in [0.2, 0.25) is 0 Å². The first kappa shape index (κ1) is 40.3. The summed E-state index contributed by atoms with van der Waals surface area (Å²) >= 11 is 0. The van der Waals surface area contributed by atoms with Gasteiger partial charge in [0.1, 0.15) is 0 Å². The SMILES string of the molecule is c1ccc(-c2ccccc2-c2c(-c3ccccc3)cccc2N(c2ccc3c(c2)-c2ccccc2C3(c2ccccc2)c2ccccc2)c2ccccc2-n2c3ccccc3c3ccccc32)cc1. The standard InChI is InChI=1S/C67H46N2/c1-5-24-47(25-6-1)52-32-13-14-36-57(52)66-53(48-26-7-2-8-27-48)37-23-43-65(66)68(63-41-21-22-42-64(63)69-61-39-19-16-34-55(61)56-35-17-20-40-62(56)69)51-44-45-60-58(46-51)54-33-15-18-38-59(54)67(60,49-28-9-3-10-29-49)50-30-11-4-12-31-50/h1-46H. The van der Waals surface area contributed by atoms with Gasteiger partial charge >= 0.3 is 0 Å². The van der Waals surface area contributed by atoms with Crippen LogP contribution in [0.25, 0.3) is 72.0 Å². The third kappa shape index (κ3) is 6.41. The molecule has 1 heterocycles. The molecule has 0 amide bonds. The third-order valence-corrected chi connectivity index (χ3v) is 14.3. The summed E-state index contributed by atoms with van der Waals surface area (Å²) in [4.78, 5) is 2.54. The van der Waals surface area contributed by atoms with Crippen LogP contribution in [-0.4, -0.2) is 4.57 Å². The summed E-state index contributed by atoms with van der Waals surface area (Å²) in [6.45, 7) is 0. The first-order chi connectivity index (χ1) is 34.3. The molecule has 0 saturated carbocycles. The number of para-hydroxylation sites is 4. The number of aromatic nitrogens is 1. The molecule has 1 aliphatic carbocycles. The lowest BCUT2D eigenvalue weighted by Gasteiger charge is -2.34. The number of anilines is 3. The first-order valence-electron chi connectivity index (χ1n) is 23.9. The smallest absolute Gasteiger partial charge is 0.0713 e. The minimum Gasteiger partial charge on any atom is -0.308 e. The van der Waals surface area contributed by atoms with Crippen molar-refractivity contribution in [1.82, 2.24) is 4.57 Å². The zero-order valence-electron chi connectivity index (χ0n) is 38.0. The van der Waals surface area contributed by atoms with Crippen molar-refractivity contribution >= 4 is 38.9 Å². The molecule has 0 atom stereocenters. The fourth-order valence-electron chi connectivity index (χ4n) is 11.4. The number of rotatable bonds is 9. The van der Waals surface area contributed by atoms with E-state index in [4.69, 9.17) is 0 Å². The Morgan fingerprint density at radius 3 is 1.42 bits per heavy atom. The molecule has 0 N–H and O–H groups in total. The van der Waals surface area contributed by atoms with E-state index in [2.05, 4.69) is 289 Å². The number of hydrogen-bond donors (Lipinski definition) is 0. The van der Waals surface area contributed by atoms with Crippen molar-refractivity contribution in [3.8, 4) is 50.2 Å². The van der Waals surface area contributed by atoms with Crippen LogP contribution in [0.5, 0.6) is 0 Å². The zero-order valence-corrected chi connectivity index (χ0v) is 38.0. The Morgan fingerprint density at radius 1 is 0.304 bits per heavy atom. The maximum absolute atomic E-state index is 2.54. The van der Waals surface area contributed by atoms with E-state index in [0.29, 0.717) is 0 Å². The van der Waals surface area contributed by atoms with E-state index >= 15 is 0 Å². The first-order valence-corrected chi connectivity index (χ1v) is 23.9. The molecule has 12 aromatic rings. The molecule has 13 rings (SSSR count). The summed E-state index contributed by atoms with van der Waals surface area (Å²) in [6, 6.07) is 103. The Bertz CT molecular complexity index is 3740. The van der Waals surface area contributed by atoms with E-state index < -0.39 is 5.41 Å². The molecule has 0 unspecified atom stereocenters. The Morgan fingerprint density at radius 2 is 0.768 bits per heavy atom. The van der Waals surface area contributed by atoms with Crippen molar-refractivity contribution < 1.29 is 0 Å². The molecule has 69 heavy (non-hydrogen) atoms. The van der Waals surface area contributed by atoms with Gasteiger partial charge in [-0.1, -0.05) is 237 Å². The van der Waals surface area contributed by atoms with Gasteiger partial charge < -0.3 is 9.47 Å². The molecule has 0 saturated heterocycles. The van der Waals surface area contributed by atoms with Gasteiger partial charge in [0, 0.05) is 22.0 Å². The van der Waals surface area contributed by atoms with Crippen molar-refractivity contribution in [3.63, 3.8) is 0 Å². The number of benzene rings is 11. The van der Waals surface area contributed by atoms with E-state index in [1.165, 1.54) is 55.3 Å². The summed E-state index contributed by atoms with van der Waals surface area (Å²) in [5, 5.41) is 2.45. The van der Waals surface area contributed by atoms with Gasteiger partial charge in [-0.15, -0.1) is 0 Å². The van der Waals surface area contributed by atoms with Gasteiger partial charge in [-0.25, -0.2) is 0 Å². The van der Waals surface area contributed by atoms with Crippen LogP contribution in [0.2, 0.25) is 0 Å². The maximum atomic E-state index is 2.54. The van der Waals surface area contributed by atoms with E-state index in [1.54, 1.807) is 0 Å². The largest absolute Gasteiger partial charge is 0.308 e.